The summed E-state index contributed by atoms with van der Waals surface area (Å²) in [5, 5.41) is 0. The maximum Gasteiger partial charge on any atom is 0.227 e. The third kappa shape index (κ3) is 6.46. The van der Waals surface area contributed by atoms with E-state index in [4.69, 9.17) is 4.74 Å². The molecular weight excluding hydrogens is 344 g/mol. The van der Waals surface area contributed by atoms with Gasteiger partial charge in [0.05, 0.1) is 0 Å². The van der Waals surface area contributed by atoms with Crippen molar-refractivity contribution in [2.75, 3.05) is 44.8 Å². The standard InChI is InChI=1S/C17H27BrN2O2/c1-4-19(5-2)11-12-20(17(21)10-7-13-22-3)16-9-6-8-15(18)14-16/h6,8-9,14H,4-5,7,10-13H2,1-3H3. The summed E-state index contributed by atoms with van der Waals surface area (Å²) in [6.45, 7) is 8.51. The number of methoxy groups -OCH3 is 1. The minimum absolute atomic E-state index is 0.155. The van der Waals surface area contributed by atoms with Gasteiger partial charge < -0.3 is 14.5 Å². The summed E-state index contributed by atoms with van der Waals surface area (Å²) in [6.07, 6.45) is 1.27. The second-order valence-electron chi connectivity index (χ2n) is 5.15. The highest BCUT2D eigenvalue weighted by Crippen LogP contribution is 2.21. The van der Waals surface area contributed by atoms with E-state index in [1.807, 2.05) is 29.2 Å². The molecule has 0 atom stereocenters. The van der Waals surface area contributed by atoms with E-state index in [0.29, 0.717) is 19.6 Å². The van der Waals surface area contributed by atoms with E-state index in [1.165, 1.54) is 0 Å². The zero-order valence-corrected chi connectivity index (χ0v) is 15.4. The van der Waals surface area contributed by atoms with Crippen molar-refractivity contribution >= 4 is 27.5 Å². The van der Waals surface area contributed by atoms with Crippen LogP contribution in [0.1, 0.15) is 26.7 Å². The lowest BCUT2D eigenvalue weighted by Crippen LogP contribution is -2.38. The first-order chi connectivity index (χ1) is 10.6. The van der Waals surface area contributed by atoms with E-state index < -0.39 is 0 Å². The van der Waals surface area contributed by atoms with Crippen LogP contribution in [0.15, 0.2) is 28.7 Å². The topological polar surface area (TPSA) is 32.8 Å². The lowest BCUT2D eigenvalue weighted by molar-refractivity contribution is -0.119. The van der Waals surface area contributed by atoms with E-state index >= 15 is 0 Å². The van der Waals surface area contributed by atoms with Crippen LogP contribution in [0.2, 0.25) is 0 Å². The summed E-state index contributed by atoms with van der Waals surface area (Å²) in [7, 11) is 1.66. The van der Waals surface area contributed by atoms with Gasteiger partial charge in [-0.2, -0.15) is 0 Å². The van der Waals surface area contributed by atoms with Crippen LogP contribution in [0.25, 0.3) is 0 Å². The highest BCUT2D eigenvalue weighted by Gasteiger charge is 2.16. The number of halogens is 1. The molecule has 0 bridgehead atoms. The van der Waals surface area contributed by atoms with Crippen LogP contribution < -0.4 is 4.90 Å². The number of nitrogens with zero attached hydrogens (tertiary/aromatic N) is 2. The molecule has 0 heterocycles. The maximum absolute atomic E-state index is 12.6. The summed E-state index contributed by atoms with van der Waals surface area (Å²) in [5.74, 6) is 0.155. The molecule has 0 aromatic heterocycles. The van der Waals surface area contributed by atoms with Gasteiger partial charge in [0.2, 0.25) is 5.91 Å². The van der Waals surface area contributed by atoms with Crippen molar-refractivity contribution in [3.8, 4) is 0 Å². The second kappa shape index (κ2) is 10.8. The van der Waals surface area contributed by atoms with Crippen LogP contribution in [0, 0.1) is 0 Å². The molecule has 0 aliphatic carbocycles. The third-order valence-electron chi connectivity index (χ3n) is 3.69. The van der Waals surface area contributed by atoms with Crippen molar-refractivity contribution < 1.29 is 9.53 Å². The van der Waals surface area contributed by atoms with Gasteiger partial charge in [-0.1, -0.05) is 35.8 Å². The van der Waals surface area contributed by atoms with Crippen molar-refractivity contribution in [3.05, 3.63) is 28.7 Å². The lowest BCUT2D eigenvalue weighted by Gasteiger charge is -2.27. The van der Waals surface area contributed by atoms with Crippen LogP contribution in [-0.4, -0.2) is 50.7 Å². The number of carbonyl (C=O) groups is 1. The van der Waals surface area contributed by atoms with E-state index in [1.54, 1.807) is 7.11 Å². The van der Waals surface area contributed by atoms with Crippen molar-refractivity contribution in [3.63, 3.8) is 0 Å². The molecule has 22 heavy (non-hydrogen) atoms. The second-order valence-corrected chi connectivity index (χ2v) is 6.06. The largest absolute Gasteiger partial charge is 0.385 e. The van der Waals surface area contributed by atoms with Crippen molar-refractivity contribution in [2.45, 2.75) is 26.7 Å². The Morgan fingerprint density at radius 3 is 2.55 bits per heavy atom. The molecular formula is C17H27BrN2O2. The fourth-order valence-corrected chi connectivity index (χ4v) is 2.71. The van der Waals surface area contributed by atoms with E-state index in [2.05, 4.69) is 34.7 Å². The molecule has 1 amide bonds. The van der Waals surface area contributed by atoms with Crippen molar-refractivity contribution in [2.24, 2.45) is 0 Å². The Morgan fingerprint density at radius 1 is 1.23 bits per heavy atom. The molecule has 0 saturated carbocycles. The summed E-state index contributed by atoms with van der Waals surface area (Å²) in [4.78, 5) is 16.8. The molecule has 0 radical (unpaired) electrons. The number of likely N-dealkylation sites (N-methyl/N-ethyl adjacent to an activating group) is 1. The zero-order chi connectivity index (χ0) is 16.4. The molecule has 0 aliphatic rings. The minimum Gasteiger partial charge on any atom is -0.385 e. The minimum atomic E-state index is 0.155. The first-order valence-corrected chi connectivity index (χ1v) is 8.68. The predicted molar refractivity (Wildman–Crippen MR) is 95.4 cm³/mol. The van der Waals surface area contributed by atoms with E-state index in [0.717, 1.165) is 36.2 Å². The number of benzene rings is 1. The summed E-state index contributed by atoms with van der Waals surface area (Å²) < 4.78 is 6.03. The molecule has 1 aromatic carbocycles. The van der Waals surface area contributed by atoms with Gasteiger partial charge in [0, 0.05) is 43.4 Å². The molecule has 124 valence electrons. The number of hydrogen-bond donors (Lipinski definition) is 0. The Morgan fingerprint density at radius 2 is 1.95 bits per heavy atom. The summed E-state index contributed by atoms with van der Waals surface area (Å²) >= 11 is 3.48. The highest BCUT2D eigenvalue weighted by molar-refractivity contribution is 9.10. The van der Waals surface area contributed by atoms with Gasteiger partial charge in [0.25, 0.3) is 0 Å². The fraction of sp³-hybridized carbons (Fsp3) is 0.588. The Bertz CT molecular complexity index is 450. The van der Waals surface area contributed by atoms with Crippen LogP contribution in [0.4, 0.5) is 5.69 Å². The van der Waals surface area contributed by atoms with E-state index in [9.17, 15) is 4.79 Å². The SMILES string of the molecule is CCN(CC)CCN(C(=O)CCCOC)c1cccc(Br)c1. The van der Waals surface area contributed by atoms with Crippen LogP contribution in [-0.2, 0) is 9.53 Å². The number of rotatable bonds is 10. The normalized spacial score (nSPS) is 11.0. The monoisotopic (exact) mass is 370 g/mol. The smallest absolute Gasteiger partial charge is 0.227 e. The van der Waals surface area contributed by atoms with Gasteiger partial charge in [0.15, 0.2) is 0 Å². The van der Waals surface area contributed by atoms with Gasteiger partial charge in [-0.05, 0) is 37.7 Å². The van der Waals surface area contributed by atoms with Crippen molar-refractivity contribution in [1.82, 2.24) is 4.90 Å². The van der Waals surface area contributed by atoms with Gasteiger partial charge >= 0.3 is 0 Å². The average molecular weight is 371 g/mol. The first-order valence-electron chi connectivity index (χ1n) is 7.89. The molecule has 1 aromatic rings. The third-order valence-corrected chi connectivity index (χ3v) is 4.19. The molecule has 4 nitrogen and oxygen atoms in total. The maximum atomic E-state index is 12.6. The number of carbonyl (C=O) groups excluding carboxylic acids is 1. The molecule has 0 fully saturated rings. The number of hydrogen-bond acceptors (Lipinski definition) is 3. The van der Waals surface area contributed by atoms with Crippen molar-refractivity contribution in [1.29, 1.82) is 0 Å². The van der Waals surface area contributed by atoms with Gasteiger partial charge in [0.1, 0.15) is 0 Å². The first kappa shape index (κ1) is 19.1. The van der Waals surface area contributed by atoms with Gasteiger partial charge in [-0.15, -0.1) is 0 Å². The summed E-state index contributed by atoms with van der Waals surface area (Å²) in [6, 6.07) is 7.92. The molecule has 0 spiro atoms. The Balaban J connectivity index is 2.78. The molecule has 5 heteroatoms. The molecule has 1 rings (SSSR count). The van der Waals surface area contributed by atoms with Crippen LogP contribution in [0.5, 0.6) is 0 Å². The number of anilines is 1. The fourth-order valence-electron chi connectivity index (χ4n) is 2.33. The highest BCUT2D eigenvalue weighted by atomic mass is 79.9. The van der Waals surface area contributed by atoms with Gasteiger partial charge in [-0.25, -0.2) is 0 Å². The predicted octanol–water partition coefficient (Wildman–Crippen LogP) is 3.55. The Hall–Kier alpha value is -0.910. The number of amides is 1. The van der Waals surface area contributed by atoms with Crippen LogP contribution >= 0.6 is 15.9 Å². The molecule has 0 aliphatic heterocycles. The van der Waals surface area contributed by atoms with Crippen LogP contribution in [0.3, 0.4) is 0 Å². The zero-order valence-electron chi connectivity index (χ0n) is 13.8. The average Bonchev–Trinajstić information content (AvgIpc) is 2.52. The van der Waals surface area contributed by atoms with E-state index in [-0.39, 0.29) is 5.91 Å². The Kier molecular flexibility index (Phi) is 9.36. The Labute approximate surface area is 142 Å². The quantitative estimate of drug-likeness (QED) is 0.590. The molecule has 0 N–H and O–H groups in total. The molecule has 0 unspecified atom stereocenters. The summed E-state index contributed by atoms with van der Waals surface area (Å²) in [5.41, 5.74) is 0.948. The number of ether oxygens (including phenoxy) is 1. The van der Waals surface area contributed by atoms with Gasteiger partial charge in [-0.3, -0.25) is 4.79 Å². The molecule has 0 saturated heterocycles. The lowest BCUT2D eigenvalue weighted by atomic mass is 10.2.